The van der Waals surface area contributed by atoms with Gasteiger partial charge in [0.2, 0.25) is 0 Å². The van der Waals surface area contributed by atoms with E-state index in [0.29, 0.717) is 18.2 Å². The predicted molar refractivity (Wildman–Crippen MR) is 107 cm³/mol. The van der Waals surface area contributed by atoms with Crippen LogP contribution in [0.3, 0.4) is 0 Å². The number of esters is 1. The zero-order valence-electron chi connectivity index (χ0n) is 17.4. The highest BCUT2D eigenvalue weighted by molar-refractivity contribution is 5.92. The Hall–Kier alpha value is -1.97. The molecule has 2 atom stereocenters. The summed E-state index contributed by atoms with van der Waals surface area (Å²) < 4.78 is 6.40. The molecule has 2 aliphatic rings. The fourth-order valence-electron chi connectivity index (χ4n) is 4.04. The average Bonchev–Trinajstić information content (AvgIpc) is 3.12. The number of aliphatic hydroxyl groups excluding tert-OH is 1. The molecule has 0 aliphatic carbocycles. The quantitative estimate of drug-likeness (QED) is 0.565. The van der Waals surface area contributed by atoms with E-state index in [-0.39, 0.29) is 24.1 Å². The van der Waals surface area contributed by atoms with E-state index < -0.39 is 12.1 Å². The Kier molecular flexibility index (Phi) is 7.63. The van der Waals surface area contributed by atoms with Crippen LogP contribution in [0.5, 0.6) is 0 Å². The maximum Gasteiger partial charge on any atom is 0.310 e. The van der Waals surface area contributed by atoms with Gasteiger partial charge in [-0.25, -0.2) is 0 Å². The number of aliphatic hydroxyl groups is 1. The number of hydrogen-bond acceptors (Lipinski definition) is 7. The molecule has 0 bridgehead atoms. The van der Waals surface area contributed by atoms with Crippen LogP contribution in [0.25, 0.3) is 0 Å². The molecule has 1 aromatic heterocycles. The number of piperidine rings is 1. The Bertz CT molecular complexity index is 701. The summed E-state index contributed by atoms with van der Waals surface area (Å²) in [6.07, 6.45) is 3.57. The average molecular weight is 408 g/mol. The highest BCUT2D eigenvalue weighted by atomic mass is 16.5. The van der Waals surface area contributed by atoms with E-state index in [9.17, 15) is 14.7 Å². The first-order valence-corrected chi connectivity index (χ1v) is 10.6. The number of amides is 1. The third-order valence-corrected chi connectivity index (χ3v) is 5.93. The van der Waals surface area contributed by atoms with E-state index in [0.717, 1.165) is 39.0 Å². The van der Waals surface area contributed by atoms with Gasteiger partial charge < -0.3 is 20.5 Å². The maximum atomic E-state index is 12.4. The van der Waals surface area contributed by atoms with E-state index in [2.05, 4.69) is 25.4 Å². The van der Waals surface area contributed by atoms with Crippen molar-refractivity contribution in [2.75, 3.05) is 39.8 Å². The van der Waals surface area contributed by atoms with Crippen molar-refractivity contribution in [3.63, 3.8) is 0 Å². The van der Waals surface area contributed by atoms with E-state index in [1.807, 2.05) is 0 Å². The van der Waals surface area contributed by atoms with Crippen LogP contribution in [0.2, 0.25) is 0 Å². The first-order chi connectivity index (χ1) is 14.0. The van der Waals surface area contributed by atoms with Crippen LogP contribution in [0.4, 0.5) is 0 Å². The number of carbonyl (C=O) groups is 2. The molecule has 0 spiro atoms. The largest absolute Gasteiger partial charge is 0.469 e. The van der Waals surface area contributed by atoms with Crippen molar-refractivity contribution in [2.45, 2.75) is 45.4 Å². The second-order valence-corrected chi connectivity index (χ2v) is 8.06. The number of nitrogens with zero attached hydrogens (tertiary/aromatic N) is 3. The summed E-state index contributed by atoms with van der Waals surface area (Å²) in [7, 11) is 1.32. The van der Waals surface area contributed by atoms with Gasteiger partial charge in [0, 0.05) is 26.2 Å². The van der Waals surface area contributed by atoms with Crippen molar-refractivity contribution in [1.29, 1.82) is 0 Å². The number of hydrogen-bond donors (Lipinski definition) is 3. The minimum Gasteiger partial charge on any atom is -0.469 e. The monoisotopic (exact) mass is 407 g/mol. The lowest BCUT2D eigenvalue weighted by Crippen LogP contribution is -2.33. The molecule has 9 heteroatoms. The summed E-state index contributed by atoms with van der Waals surface area (Å²) in [4.78, 5) is 26.0. The molecule has 1 amide bonds. The maximum absolute atomic E-state index is 12.4. The van der Waals surface area contributed by atoms with Crippen LogP contribution in [-0.4, -0.2) is 71.5 Å². The summed E-state index contributed by atoms with van der Waals surface area (Å²) >= 11 is 0. The number of methoxy groups -OCH3 is 1. The summed E-state index contributed by atoms with van der Waals surface area (Å²) in [6, 6.07) is 1.66. The van der Waals surface area contributed by atoms with Crippen molar-refractivity contribution in [2.24, 2.45) is 11.8 Å². The summed E-state index contributed by atoms with van der Waals surface area (Å²) in [5.74, 6) is -0.448. The molecule has 1 unspecified atom stereocenters. The van der Waals surface area contributed by atoms with Crippen molar-refractivity contribution >= 4 is 11.9 Å². The van der Waals surface area contributed by atoms with Gasteiger partial charge in [0.25, 0.3) is 5.91 Å². The first-order valence-electron chi connectivity index (χ1n) is 10.6. The van der Waals surface area contributed by atoms with Crippen LogP contribution < -0.4 is 10.6 Å². The Morgan fingerprint density at radius 1 is 1.38 bits per heavy atom. The van der Waals surface area contributed by atoms with Crippen molar-refractivity contribution < 1.29 is 19.4 Å². The standard InChI is InChI=1S/C20H33N5O4/c1-14(20(28)29-2)13-22-18(26)16-12-17-19(27)24(9-3-10-25(17)23-16)11-6-15-4-7-21-8-5-15/h12,14-15,19,21,27H,3-11,13H2,1-2H3,(H,22,26)/t14-,19?/m0/s1. The number of ether oxygens (including phenoxy) is 1. The molecule has 29 heavy (non-hydrogen) atoms. The number of aromatic nitrogens is 2. The lowest BCUT2D eigenvalue weighted by Gasteiger charge is -2.29. The second-order valence-electron chi connectivity index (χ2n) is 8.06. The SMILES string of the molecule is COC(=O)[C@@H](C)CNC(=O)c1cc2n(n1)CCCN(CCC1CCNCC1)C2O. The predicted octanol–water partition coefficient (Wildman–Crippen LogP) is 0.508. The molecule has 1 fully saturated rings. The van der Waals surface area contributed by atoms with E-state index in [4.69, 9.17) is 0 Å². The van der Waals surface area contributed by atoms with Gasteiger partial charge in [-0.2, -0.15) is 5.10 Å². The van der Waals surface area contributed by atoms with Gasteiger partial charge in [-0.05, 0) is 50.8 Å². The highest BCUT2D eigenvalue weighted by Crippen LogP contribution is 2.25. The fourth-order valence-corrected chi connectivity index (χ4v) is 4.04. The third kappa shape index (κ3) is 5.55. The number of carbonyl (C=O) groups excluding carboxylic acids is 2. The molecule has 0 aromatic carbocycles. The molecule has 0 saturated carbocycles. The molecule has 9 nitrogen and oxygen atoms in total. The Morgan fingerprint density at radius 2 is 2.14 bits per heavy atom. The third-order valence-electron chi connectivity index (χ3n) is 5.93. The Morgan fingerprint density at radius 3 is 2.86 bits per heavy atom. The first kappa shape index (κ1) is 21.7. The number of fused-ring (bicyclic) bond motifs is 1. The van der Waals surface area contributed by atoms with Crippen molar-refractivity contribution in [1.82, 2.24) is 25.3 Å². The van der Waals surface area contributed by atoms with Gasteiger partial charge in [-0.15, -0.1) is 0 Å². The van der Waals surface area contributed by atoms with Crippen LogP contribution in [-0.2, 0) is 16.1 Å². The van der Waals surface area contributed by atoms with Crippen molar-refractivity contribution in [3.05, 3.63) is 17.5 Å². The molecule has 0 radical (unpaired) electrons. The Balaban J connectivity index is 1.59. The zero-order valence-corrected chi connectivity index (χ0v) is 17.4. The second kappa shape index (κ2) is 10.2. The summed E-state index contributed by atoms with van der Waals surface area (Å²) in [6.45, 7) is 6.35. The fraction of sp³-hybridized carbons (Fsp3) is 0.750. The molecule has 1 saturated heterocycles. The minimum atomic E-state index is -0.762. The molecule has 3 rings (SSSR count). The summed E-state index contributed by atoms with van der Waals surface area (Å²) in [5.41, 5.74) is 0.912. The smallest absolute Gasteiger partial charge is 0.310 e. The number of rotatable bonds is 7. The zero-order chi connectivity index (χ0) is 20.8. The summed E-state index contributed by atoms with van der Waals surface area (Å²) in [5, 5.41) is 21.4. The van der Waals surface area contributed by atoms with Gasteiger partial charge in [0.1, 0.15) is 6.23 Å². The van der Waals surface area contributed by atoms with E-state index in [1.54, 1.807) is 17.7 Å². The van der Waals surface area contributed by atoms with Crippen LogP contribution in [0.15, 0.2) is 6.07 Å². The highest BCUT2D eigenvalue weighted by Gasteiger charge is 2.28. The molecule has 2 aliphatic heterocycles. The normalized spacial score (nSPS) is 21.8. The van der Waals surface area contributed by atoms with Gasteiger partial charge in [-0.3, -0.25) is 19.2 Å². The van der Waals surface area contributed by atoms with Gasteiger partial charge in [-0.1, -0.05) is 6.92 Å². The molecular weight excluding hydrogens is 374 g/mol. The van der Waals surface area contributed by atoms with Crippen LogP contribution in [0.1, 0.15) is 55.0 Å². The van der Waals surface area contributed by atoms with Gasteiger partial charge in [0.15, 0.2) is 5.69 Å². The molecular formula is C20H33N5O4. The molecule has 3 N–H and O–H groups in total. The van der Waals surface area contributed by atoms with E-state index >= 15 is 0 Å². The minimum absolute atomic E-state index is 0.179. The number of nitrogens with one attached hydrogen (secondary N) is 2. The Labute approximate surface area is 171 Å². The topological polar surface area (TPSA) is 109 Å². The lowest BCUT2D eigenvalue weighted by atomic mass is 9.94. The number of aryl methyl sites for hydroxylation is 1. The van der Waals surface area contributed by atoms with Crippen molar-refractivity contribution in [3.8, 4) is 0 Å². The van der Waals surface area contributed by atoms with Crippen LogP contribution >= 0.6 is 0 Å². The van der Waals surface area contributed by atoms with E-state index in [1.165, 1.54) is 20.0 Å². The lowest BCUT2D eigenvalue weighted by molar-refractivity contribution is -0.144. The van der Waals surface area contributed by atoms with Gasteiger partial charge in [0.05, 0.1) is 18.7 Å². The molecule has 3 heterocycles. The van der Waals surface area contributed by atoms with Gasteiger partial charge >= 0.3 is 5.97 Å². The van der Waals surface area contributed by atoms with Crippen LogP contribution in [0, 0.1) is 11.8 Å². The molecule has 1 aromatic rings. The molecule has 162 valence electrons.